The fraction of sp³-hybridized carbons (Fsp3) is 0.591. The minimum absolute atomic E-state index is 0.0292. The van der Waals surface area contributed by atoms with E-state index in [0.29, 0.717) is 5.39 Å². The van der Waals surface area contributed by atoms with Crippen molar-refractivity contribution in [1.29, 1.82) is 0 Å². The second-order valence-corrected chi connectivity index (χ2v) is 8.81. The smallest absolute Gasteiger partial charge is 0.303 e. The first-order chi connectivity index (χ1) is 15.9. The molecule has 12 nitrogen and oxygen atoms in total. The molecular weight excluding hydrogens is 456 g/mol. The molecule has 0 bridgehead atoms. The summed E-state index contributed by atoms with van der Waals surface area (Å²) in [5, 5.41) is 69.9. The molecule has 0 aliphatic carbocycles. The fourth-order valence-electron chi connectivity index (χ4n) is 3.70. The molecular formula is C22H30O12. The molecule has 1 saturated heterocycles. The first-order valence-corrected chi connectivity index (χ1v) is 10.7. The highest BCUT2D eigenvalue weighted by molar-refractivity contribution is 5.88. The highest BCUT2D eigenvalue weighted by atomic mass is 16.7. The predicted molar refractivity (Wildman–Crippen MR) is 114 cm³/mol. The van der Waals surface area contributed by atoms with Gasteiger partial charge >= 0.3 is 5.97 Å². The van der Waals surface area contributed by atoms with E-state index in [9.17, 15) is 40.5 Å². The molecule has 2 heterocycles. The van der Waals surface area contributed by atoms with Crippen molar-refractivity contribution in [1.82, 2.24) is 0 Å². The highest BCUT2D eigenvalue weighted by Crippen LogP contribution is 2.40. The quantitative estimate of drug-likeness (QED) is 0.212. The molecule has 0 saturated carbocycles. The van der Waals surface area contributed by atoms with Crippen molar-refractivity contribution < 1.29 is 59.2 Å². The molecule has 1 fully saturated rings. The number of carboxylic acid groups (broad SMARTS) is 1. The summed E-state index contributed by atoms with van der Waals surface area (Å²) in [6, 6.07) is 2.95. The number of ether oxygens (including phenoxy) is 3. The molecule has 6 atom stereocenters. The lowest BCUT2D eigenvalue weighted by Gasteiger charge is -2.39. The Morgan fingerprint density at radius 3 is 2.53 bits per heavy atom. The second-order valence-electron chi connectivity index (χ2n) is 8.81. The van der Waals surface area contributed by atoms with Gasteiger partial charge in [-0.15, -0.1) is 0 Å². The highest BCUT2D eigenvalue weighted by Gasteiger charge is 2.45. The molecule has 12 heteroatoms. The van der Waals surface area contributed by atoms with E-state index in [0.717, 1.165) is 0 Å². The Morgan fingerprint density at radius 2 is 1.91 bits per heavy atom. The van der Waals surface area contributed by atoms with E-state index in [1.54, 1.807) is 6.07 Å². The minimum atomic E-state index is -1.71. The SMILES string of the molecule is CC(C)(O)CC(O)Oc1c(CCC(=O)O)c(O[C@@H]2O[C@H](CO)[C@@H](O)[C@H](O)[C@H]2O)cc2occc12. The van der Waals surface area contributed by atoms with Crippen LogP contribution >= 0.6 is 0 Å². The van der Waals surface area contributed by atoms with Crippen LogP contribution in [0, 0.1) is 0 Å². The summed E-state index contributed by atoms with van der Waals surface area (Å²) < 4.78 is 22.3. The third kappa shape index (κ3) is 5.96. The number of aliphatic hydroxyl groups excluding tert-OH is 5. The molecule has 190 valence electrons. The van der Waals surface area contributed by atoms with Gasteiger partial charge < -0.3 is 54.4 Å². The van der Waals surface area contributed by atoms with E-state index >= 15 is 0 Å². The monoisotopic (exact) mass is 486 g/mol. The van der Waals surface area contributed by atoms with E-state index in [4.69, 9.17) is 18.6 Å². The van der Waals surface area contributed by atoms with Gasteiger partial charge in [-0.2, -0.15) is 0 Å². The van der Waals surface area contributed by atoms with Gasteiger partial charge in [0.05, 0.1) is 23.9 Å². The molecule has 1 aliphatic rings. The third-order valence-corrected chi connectivity index (χ3v) is 5.38. The lowest BCUT2D eigenvalue weighted by Crippen LogP contribution is -2.60. The Hall–Kier alpha value is -2.45. The van der Waals surface area contributed by atoms with Crippen LogP contribution in [-0.4, -0.2) is 90.9 Å². The van der Waals surface area contributed by atoms with E-state index < -0.39 is 55.2 Å². The van der Waals surface area contributed by atoms with Gasteiger partial charge in [-0.25, -0.2) is 0 Å². The molecule has 2 aromatic rings. The van der Waals surface area contributed by atoms with Gasteiger partial charge in [-0.3, -0.25) is 4.79 Å². The largest absolute Gasteiger partial charge is 0.481 e. The Morgan fingerprint density at radius 1 is 1.21 bits per heavy atom. The van der Waals surface area contributed by atoms with Gasteiger partial charge in [-0.1, -0.05) is 0 Å². The van der Waals surface area contributed by atoms with E-state index in [2.05, 4.69) is 0 Å². The average molecular weight is 486 g/mol. The van der Waals surface area contributed by atoms with Crippen LogP contribution < -0.4 is 9.47 Å². The van der Waals surface area contributed by atoms with Crippen LogP contribution in [-0.2, 0) is 16.0 Å². The zero-order chi connectivity index (χ0) is 25.2. The van der Waals surface area contributed by atoms with Crippen LogP contribution in [0.5, 0.6) is 11.5 Å². The van der Waals surface area contributed by atoms with Gasteiger partial charge in [0.1, 0.15) is 41.5 Å². The lowest BCUT2D eigenvalue weighted by atomic mass is 9.99. The first-order valence-electron chi connectivity index (χ1n) is 10.7. The Labute approximate surface area is 194 Å². The average Bonchev–Trinajstić information content (AvgIpc) is 3.20. The van der Waals surface area contributed by atoms with Crippen molar-refractivity contribution in [2.45, 2.75) is 75.7 Å². The Balaban J connectivity index is 2.02. The van der Waals surface area contributed by atoms with E-state index in [-0.39, 0.29) is 41.9 Å². The van der Waals surface area contributed by atoms with Crippen molar-refractivity contribution in [3.05, 3.63) is 24.0 Å². The summed E-state index contributed by atoms with van der Waals surface area (Å²) in [5.41, 5.74) is -0.826. The van der Waals surface area contributed by atoms with Crippen molar-refractivity contribution in [2.24, 2.45) is 0 Å². The molecule has 1 aliphatic heterocycles. The van der Waals surface area contributed by atoms with E-state index in [1.165, 1.54) is 26.2 Å². The standard InChI is InChI=1S/C22H30O12/c1-22(2,30)8-16(26)34-20-10(3-4-15(24)25)13(7-12-11(20)5-6-31-12)32-21-19(29)18(28)17(27)14(9-23)33-21/h5-7,14,16-19,21,23,26-30H,3-4,8-9H2,1-2H3,(H,24,25)/t14-,16?,17-,18+,19-,21-/m1/s1. The zero-order valence-electron chi connectivity index (χ0n) is 18.7. The molecule has 7 N–H and O–H groups in total. The summed E-state index contributed by atoms with van der Waals surface area (Å²) in [7, 11) is 0. The van der Waals surface area contributed by atoms with Crippen molar-refractivity contribution >= 4 is 16.9 Å². The summed E-state index contributed by atoms with van der Waals surface area (Å²) in [6.45, 7) is 2.30. The number of aliphatic hydroxyl groups is 6. The predicted octanol–water partition coefficient (Wildman–Crippen LogP) is -0.513. The van der Waals surface area contributed by atoms with Gasteiger partial charge in [0, 0.05) is 24.5 Å². The first kappa shape index (κ1) is 26.2. The van der Waals surface area contributed by atoms with Gasteiger partial charge in [0.25, 0.3) is 0 Å². The van der Waals surface area contributed by atoms with Crippen LogP contribution in [0.3, 0.4) is 0 Å². The number of rotatable bonds is 10. The Kier molecular flexibility index (Phi) is 8.03. The number of carboxylic acids is 1. The van der Waals surface area contributed by atoms with Crippen molar-refractivity contribution in [3.63, 3.8) is 0 Å². The maximum absolute atomic E-state index is 11.3. The zero-order valence-corrected chi connectivity index (χ0v) is 18.7. The molecule has 1 aromatic carbocycles. The molecule has 0 radical (unpaired) electrons. The van der Waals surface area contributed by atoms with E-state index in [1.807, 2.05) is 0 Å². The number of hydrogen-bond acceptors (Lipinski definition) is 11. The van der Waals surface area contributed by atoms with Crippen molar-refractivity contribution in [2.75, 3.05) is 6.61 Å². The number of furan rings is 1. The van der Waals surface area contributed by atoms with Gasteiger partial charge in [-0.05, 0) is 26.3 Å². The second kappa shape index (κ2) is 10.4. The molecule has 34 heavy (non-hydrogen) atoms. The topological polar surface area (TPSA) is 200 Å². The third-order valence-electron chi connectivity index (χ3n) is 5.38. The molecule has 1 aromatic heterocycles. The maximum Gasteiger partial charge on any atom is 0.303 e. The van der Waals surface area contributed by atoms with Crippen LogP contribution in [0.25, 0.3) is 11.0 Å². The number of aliphatic carboxylic acids is 1. The summed E-state index contributed by atoms with van der Waals surface area (Å²) in [6.07, 6.45) is -8.49. The summed E-state index contributed by atoms with van der Waals surface area (Å²) >= 11 is 0. The van der Waals surface area contributed by atoms with Gasteiger partial charge in [0.2, 0.25) is 6.29 Å². The molecule has 1 unspecified atom stereocenters. The van der Waals surface area contributed by atoms with Crippen LogP contribution in [0.1, 0.15) is 32.3 Å². The van der Waals surface area contributed by atoms with Gasteiger partial charge in [0.15, 0.2) is 6.29 Å². The number of carbonyl (C=O) groups is 1. The Bertz CT molecular complexity index is 978. The maximum atomic E-state index is 11.3. The summed E-state index contributed by atoms with van der Waals surface area (Å²) in [4.78, 5) is 11.3. The molecule has 0 spiro atoms. The summed E-state index contributed by atoms with van der Waals surface area (Å²) in [5.74, 6) is -1.10. The number of hydrogen-bond donors (Lipinski definition) is 7. The number of benzene rings is 1. The normalized spacial score (nSPS) is 26.4. The fourth-order valence-corrected chi connectivity index (χ4v) is 3.70. The van der Waals surface area contributed by atoms with Crippen LogP contribution in [0.15, 0.2) is 22.8 Å². The van der Waals surface area contributed by atoms with Crippen molar-refractivity contribution in [3.8, 4) is 11.5 Å². The number of fused-ring (bicyclic) bond motifs is 1. The lowest BCUT2D eigenvalue weighted by molar-refractivity contribution is -0.277. The molecule has 0 amide bonds. The molecule has 3 rings (SSSR count). The van der Waals surface area contributed by atoms with Crippen LogP contribution in [0.4, 0.5) is 0 Å². The van der Waals surface area contributed by atoms with Crippen LogP contribution in [0.2, 0.25) is 0 Å². The minimum Gasteiger partial charge on any atom is -0.481 e.